The number of nitriles is 1. The summed E-state index contributed by atoms with van der Waals surface area (Å²) >= 11 is 0. The molecule has 0 aliphatic carbocycles. The van der Waals surface area contributed by atoms with E-state index in [1.54, 1.807) is 30.6 Å². The summed E-state index contributed by atoms with van der Waals surface area (Å²) in [5.41, 5.74) is 6.61. The number of ether oxygens (including phenoxy) is 1. The predicted molar refractivity (Wildman–Crippen MR) is 181 cm³/mol. The Balaban J connectivity index is 1.33. The summed E-state index contributed by atoms with van der Waals surface area (Å²) in [6, 6.07) is 30.5. The number of benzene rings is 4. The van der Waals surface area contributed by atoms with Crippen molar-refractivity contribution in [3.05, 3.63) is 132 Å². The van der Waals surface area contributed by atoms with Gasteiger partial charge in [-0.25, -0.2) is 14.4 Å². The lowest BCUT2D eigenvalue weighted by Gasteiger charge is -2.22. The molecule has 3 aromatic heterocycles. The van der Waals surface area contributed by atoms with E-state index >= 15 is 4.39 Å². The van der Waals surface area contributed by atoms with Crippen molar-refractivity contribution in [1.29, 1.82) is 5.26 Å². The molecule has 226 valence electrons. The Morgan fingerprint density at radius 2 is 1.57 bits per heavy atom. The topological polar surface area (TPSA) is 68.7 Å². The summed E-state index contributed by atoms with van der Waals surface area (Å²) in [4.78, 5) is 9.30. The minimum absolute atomic E-state index is 0.0971. The van der Waals surface area contributed by atoms with Crippen LogP contribution in [0.4, 0.5) is 4.39 Å². The quantitative estimate of drug-likeness (QED) is 0.181. The smallest absolute Gasteiger partial charge is 0.165 e. The maximum atomic E-state index is 15.4. The van der Waals surface area contributed by atoms with Gasteiger partial charge >= 0.3 is 0 Å². The molecule has 4 aromatic carbocycles. The fourth-order valence-corrected chi connectivity index (χ4v) is 6.20. The Morgan fingerprint density at radius 1 is 0.761 bits per heavy atom. The van der Waals surface area contributed by atoms with E-state index in [2.05, 4.69) is 61.5 Å². The van der Waals surface area contributed by atoms with Crippen LogP contribution >= 0.6 is 0 Å². The molecule has 46 heavy (non-hydrogen) atoms. The van der Waals surface area contributed by atoms with Crippen molar-refractivity contribution in [3.63, 3.8) is 0 Å². The highest BCUT2D eigenvalue weighted by Crippen LogP contribution is 2.38. The number of halogens is 1. The lowest BCUT2D eigenvalue weighted by Crippen LogP contribution is -2.08. The van der Waals surface area contributed by atoms with Crippen LogP contribution in [0.2, 0.25) is 0 Å². The van der Waals surface area contributed by atoms with E-state index in [-0.39, 0.29) is 5.75 Å². The van der Waals surface area contributed by atoms with E-state index in [1.165, 1.54) is 17.2 Å². The second-order valence-corrected chi connectivity index (χ2v) is 12.0. The Hall–Kier alpha value is -5.74. The van der Waals surface area contributed by atoms with Crippen molar-refractivity contribution >= 4 is 21.8 Å². The van der Waals surface area contributed by atoms with Crippen LogP contribution in [0.3, 0.4) is 0 Å². The van der Waals surface area contributed by atoms with Crippen LogP contribution < -0.4 is 4.74 Å². The first-order valence-electron chi connectivity index (χ1n) is 15.4. The summed E-state index contributed by atoms with van der Waals surface area (Å²) in [5.74, 6) is 2.14. The zero-order valence-corrected chi connectivity index (χ0v) is 26.1. The van der Waals surface area contributed by atoms with Gasteiger partial charge in [0, 0.05) is 41.0 Å². The molecule has 0 aliphatic rings. The van der Waals surface area contributed by atoms with E-state index in [1.807, 2.05) is 59.3 Å². The average molecular weight is 606 g/mol. The zero-order valence-electron chi connectivity index (χ0n) is 26.1. The van der Waals surface area contributed by atoms with Crippen LogP contribution in [0.1, 0.15) is 56.2 Å². The molecule has 0 radical (unpaired) electrons. The summed E-state index contributed by atoms with van der Waals surface area (Å²) in [5, 5.41) is 11.4. The van der Waals surface area contributed by atoms with Crippen molar-refractivity contribution in [2.75, 3.05) is 0 Å². The molecule has 0 saturated carbocycles. The molecular formula is C39H32FN5O. The molecule has 0 atom stereocenters. The number of nitrogens with zero attached hydrogens (tertiary/aromatic N) is 5. The minimum atomic E-state index is -0.476. The van der Waals surface area contributed by atoms with Crippen LogP contribution in [0.15, 0.2) is 110 Å². The molecule has 7 rings (SSSR count). The Labute approximate surface area is 267 Å². The number of pyridine rings is 1. The largest absolute Gasteiger partial charge is 0.454 e. The maximum Gasteiger partial charge on any atom is 0.165 e. The van der Waals surface area contributed by atoms with Gasteiger partial charge in [0.1, 0.15) is 17.4 Å². The number of imidazole rings is 1. The highest BCUT2D eigenvalue weighted by Gasteiger charge is 2.20. The normalized spacial score (nSPS) is 11.5. The molecule has 0 unspecified atom stereocenters. The van der Waals surface area contributed by atoms with Gasteiger partial charge < -0.3 is 4.74 Å². The number of fused-ring (bicyclic) bond motifs is 3. The Kier molecular flexibility index (Phi) is 7.34. The average Bonchev–Trinajstić information content (AvgIpc) is 3.68. The molecule has 0 bridgehead atoms. The molecular weight excluding hydrogens is 573 g/mol. The number of hydrogen-bond donors (Lipinski definition) is 0. The lowest BCUT2D eigenvalue weighted by atomic mass is 9.92. The van der Waals surface area contributed by atoms with Crippen molar-refractivity contribution in [2.45, 2.75) is 39.5 Å². The van der Waals surface area contributed by atoms with Gasteiger partial charge in [-0.15, -0.1) is 0 Å². The van der Waals surface area contributed by atoms with E-state index in [9.17, 15) is 5.26 Å². The summed E-state index contributed by atoms with van der Waals surface area (Å²) in [6.45, 7) is 8.76. The van der Waals surface area contributed by atoms with Gasteiger partial charge in [0.05, 0.1) is 28.4 Å². The molecule has 0 N–H and O–H groups in total. The van der Waals surface area contributed by atoms with E-state index in [0.717, 1.165) is 38.9 Å². The number of aromatic nitrogens is 4. The standard InChI is InChI=1S/C39H32FN5O/c1-24(2)29-8-7-9-30(25(3)4)38(29)44-19-18-43-39(44)27-12-15-33(40)36(21-27)46-28-13-14-31-32-20-26(23-41)11-16-34(32)45(35(31)22-28)37-10-5-6-17-42-37/h5-22,24-25H,1-4H3. The molecule has 0 fully saturated rings. The van der Waals surface area contributed by atoms with Crippen LogP contribution in [-0.4, -0.2) is 19.1 Å². The maximum absolute atomic E-state index is 15.4. The molecule has 6 nitrogen and oxygen atoms in total. The van der Waals surface area contributed by atoms with Crippen LogP contribution in [0, 0.1) is 17.1 Å². The predicted octanol–water partition coefficient (Wildman–Crippen LogP) is 10.1. The monoisotopic (exact) mass is 605 g/mol. The SMILES string of the molecule is CC(C)c1cccc(C(C)C)c1-n1ccnc1-c1ccc(F)c(Oc2ccc3c4cc(C#N)ccc4n(-c4ccccn4)c3c2)c1. The van der Waals surface area contributed by atoms with Gasteiger partial charge in [-0.1, -0.05) is 52.0 Å². The third-order valence-electron chi connectivity index (χ3n) is 8.39. The first kappa shape index (κ1) is 29.0. The van der Waals surface area contributed by atoms with Crippen molar-refractivity contribution < 1.29 is 9.13 Å². The van der Waals surface area contributed by atoms with Crippen LogP contribution in [-0.2, 0) is 0 Å². The van der Waals surface area contributed by atoms with Gasteiger partial charge in [0.15, 0.2) is 11.6 Å². The minimum Gasteiger partial charge on any atom is -0.454 e. The molecule has 7 heteroatoms. The van der Waals surface area contributed by atoms with Crippen molar-refractivity contribution in [1.82, 2.24) is 19.1 Å². The molecule has 3 heterocycles. The first-order chi connectivity index (χ1) is 22.3. The van der Waals surface area contributed by atoms with E-state index in [0.29, 0.717) is 29.0 Å². The number of hydrogen-bond acceptors (Lipinski definition) is 4. The Morgan fingerprint density at radius 3 is 2.28 bits per heavy atom. The van der Waals surface area contributed by atoms with Crippen LogP contribution in [0.25, 0.3) is 44.7 Å². The van der Waals surface area contributed by atoms with Gasteiger partial charge in [-0.05, 0) is 83.6 Å². The number of rotatable bonds is 7. The van der Waals surface area contributed by atoms with Crippen LogP contribution in [0.5, 0.6) is 11.5 Å². The fraction of sp³-hybridized carbons (Fsp3) is 0.154. The molecule has 7 aromatic rings. The van der Waals surface area contributed by atoms with Crippen molar-refractivity contribution in [3.8, 4) is 40.5 Å². The van der Waals surface area contributed by atoms with E-state index < -0.39 is 5.82 Å². The lowest BCUT2D eigenvalue weighted by molar-refractivity contribution is 0.443. The molecule has 0 saturated heterocycles. The van der Waals surface area contributed by atoms with E-state index in [4.69, 9.17) is 9.72 Å². The van der Waals surface area contributed by atoms with Gasteiger partial charge in [-0.3, -0.25) is 9.13 Å². The number of para-hydroxylation sites is 1. The second-order valence-electron chi connectivity index (χ2n) is 12.0. The second kappa shape index (κ2) is 11.6. The van der Waals surface area contributed by atoms with Gasteiger partial charge in [-0.2, -0.15) is 5.26 Å². The molecule has 0 amide bonds. The van der Waals surface area contributed by atoms with Crippen molar-refractivity contribution in [2.24, 2.45) is 0 Å². The highest BCUT2D eigenvalue weighted by molar-refractivity contribution is 6.09. The summed E-state index contributed by atoms with van der Waals surface area (Å²) in [7, 11) is 0. The Bertz CT molecular complexity index is 2250. The fourth-order valence-electron chi connectivity index (χ4n) is 6.20. The third kappa shape index (κ3) is 4.98. The third-order valence-corrected chi connectivity index (χ3v) is 8.39. The van der Waals surface area contributed by atoms with Gasteiger partial charge in [0.2, 0.25) is 0 Å². The summed E-state index contributed by atoms with van der Waals surface area (Å²) in [6.07, 6.45) is 5.49. The molecule has 0 aliphatic heterocycles. The van der Waals surface area contributed by atoms with Gasteiger partial charge in [0.25, 0.3) is 0 Å². The molecule has 0 spiro atoms. The highest BCUT2D eigenvalue weighted by atomic mass is 19.1. The zero-order chi connectivity index (χ0) is 31.9. The first-order valence-corrected chi connectivity index (χ1v) is 15.4. The summed E-state index contributed by atoms with van der Waals surface area (Å²) < 4.78 is 25.8.